The van der Waals surface area contributed by atoms with Gasteiger partial charge in [-0.15, -0.1) is 0 Å². The topological polar surface area (TPSA) is 55.4 Å². The number of para-hydroxylation sites is 1. The molecule has 2 aromatic carbocycles. The lowest BCUT2D eigenvalue weighted by molar-refractivity contribution is 0.0260. The molecule has 0 unspecified atom stereocenters. The van der Waals surface area contributed by atoms with Crippen LogP contribution < -0.4 is 9.46 Å². The van der Waals surface area contributed by atoms with E-state index in [4.69, 9.17) is 4.74 Å². The monoisotopic (exact) mass is 373 g/mol. The Bertz CT molecular complexity index is 872. The molecule has 0 radical (unpaired) electrons. The Labute approximate surface area is 156 Å². The van der Waals surface area contributed by atoms with Crippen molar-refractivity contribution in [3.05, 3.63) is 65.2 Å². The maximum atomic E-state index is 12.8. The van der Waals surface area contributed by atoms with Gasteiger partial charge in [-0.1, -0.05) is 61.9 Å². The van der Waals surface area contributed by atoms with Crippen LogP contribution in [0, 0.1) is 6.92 Å². The zero-order chi connectivity index (χ0) is 18.8. The van der Waals surface area contributed by atoms with Crippen LogP contribution in [0.5, 0.6) is 5.75 Å². The zero-order valence-electron chi connectivity index (χ0n) is 15.7. The quantitative estimate of drug-likeness (QED) is 0.811. The first-order valence-corrected chi connectivity index (χ1v) is 10.8. The van der Waals surface area contributed by atoms with E-state index < -0.39 is 10.0 Å². The molecule has 4 nitrogen and oxygen atoms in total. The lowest BCUT2D eigenvalue weighted by Gasteiger charge is -2.41. The van der Waals surface area contributed by atoms with Crippen molar-refractivity contribution in [1.82, 2.24) is 4.72 Å². The number of rotatable bonds is 6. The second kappa shape index (κ2) is 7.41. The Morgan fingerprint density at radius 3 is 2.54 bits per heavy atom. The van der Waals surface area contributed by atoms with Crippen molar-refractivity contribution in [3.63, 3.8) is 0 Å². The Hall–Kier alpha value is -1.85. The van der Waals surface area contributed by atoms with E-state index in [0.717, 1.165) is 35.3 Å². The average Bonchev–Trinajstić information content (AvgIpc) is 2.60. The standard InChI is InChI=1S/C21H27NO3S/c1-4-21(5-2)14-19(18-11-6-7-12-20(18)25-21)22-26(23,24)15-17-10-8-9-16(3)13-17/h6-13,19,22H,4-5,14-15H2,1-3H3/t19-/m0/s1. The summed E-state index contributed by atoms with van der Waals surface area (Å²) in [5.74, 6) is 0.769. The van der Waals surface area contributed by atoms with Crippen LogP contribution in [-0.2, 0) is 15.8 Å². The maximum Gasteiger partial charge on any atom is 0.216 e. The number of benzene rings is 2. The fourth-order valence-electron chi connectivity index (χ4n) is 3.69. The minimum absolute atomic E-state index is 0.0144. The molecule has 1 aliphatic rings. The summed E-state index contributed by atoms with van der Waals surface area (Å²) < 4.78 is 34.8. The van der Waals surface area contributed by atoms with Crippen molar-refractivity contribution in [3.8, 4) is 5.75 Å². The molecule has 0 saturated carbocycles. The number of hydrogen-bond acceptors (Lipinski definition) is 3. The molecule has 0 aliphatic carbocycles. The average molecular weight is 374 g/mol. The van der Waals surface area contributed by atoms with E-state index in [1.165, 1.54) is 0 Å². The van der Waals surface area contributed by atoms with Crippen LogP contribution >= 0.6 is 0 Å². The fourth-order valence-corrected chi connectivity index (χ4v) is 5.03. The van der Waals surface area contributed by atoms with Crippen LogP contribution in [0.15, 0.2) is 48.5 Å². The smallest absolute Gasteiger partial charge is 0.216 e. The van der Waals surface area contributed by atoms with Crippen molar-refractivity contribution >= 4 is 10.0 Å². The van der Waals surface area contributed by atoms with Gasteiger partial charge in [0.05, 0.1) is 11.8 Å². The highest BCUT2D eigenvalue weighted by atomic mass is 32.2. The van der Waals surface area contributed by atoms with E-state index in [0.29, 0.717) is 6.42 Å². The molecular formula is C21H27NO3S. The van der Waals surface area contributed by atoms with Crippen LogP contribution in [0.4, 0.5) is 0 Å². The minimum atomic E-state index is -3.47. The summed E-state index contributed by atoms with van der Waals surface area (Å²) in [5, 5.41) is 0. The van der Waals surface area contributed by atoms with Gasteiger partial charge in [-0.3, -0.25) is 0 Å². The number of aryl methyl sites for hydroxylation is 1. The van der Waals surface area contributed by atoms with Crippen LogP contribution in [0.1, 0.15) is 55.8 Å². The first-order valence-electron chi connectivity index (χ1n) is 9.20. The first kappa shape index (κ1) is 18.9. The molecule has 3 rings (SSSR count). The summed E-state index contributed by atoms with van der Waals surface area (Å²) in [7, 11) is -3.47. The molecule has 0 amide bonds. The minimum Gasteiger partial charge on any atom is -0.487 e. The van der Waals surface area contributed by atoms with Gasteiger partial charge in [0.15, 0.2) is 0 Å². The van der Waals surface area contributed by atoms with Crippen LogP contribution in [0.25, 0.3) is 0 Å². The third-order valence-corrected chi connectivity index (χ3v) is 6.60. The van der Waals surface area contributed by atoms with E-state index >= 15 is 0 Å². The van der Waals surface area contributed by atoms with E-state index in [2.05, 4.69) is 18.6 Å². The summed E-state index contributed by atoms with van der Waals surface area (Å²) >= 11 is 0. The zero-order valence-corrected chi connectivity index (χ0v) is 16.5. The van der Waals surface area contributed by atoms with Gasteiger partial charge in [-0.25, -0.2) is 13.1 Å². The fraction of sp³-hybridized carbons (Fsp3) is 0.429. The Morgan fingerprint density at radius 2 is 1.85 bits per heavy atom. The molecule has 0 aromatic heterocycles. The van der Waals surface area contributed by atoms with Gasteiger partial charge >= 0.3 is 0 Å². The molecule has 1 aliphatic heterocycles. The van der Waals surface area contributed by atoms with Crippen molar-refractivity contribution in [1.29, 1.82) is 0 Å². The van der Waals surface area contributed by atoms with Gasteiger partial charge in [0.2, 0.25) is 10.0 Å². The Morgan fingerprint density at radius 1 is 1.12 bits per heavy atom. The predicted octanol–water partition coefficient (Wildman–Crippen LogP) is 4.50. The molecule has 0 saturated heterocycles. The molecule has 1 N–H and O–H groups in total. The van der Waals surface area contributed by atoms with Gasteiger partial charge < -0.3 is 4.74 Å². The third kappa shape index (κ3) is 4.10. The first-order chi connectivity index (χ1) is 12.4. The largest absolute Gasteiger partial charge is 0.487 e. The number of fused-ring (bicyclic) bond motifs is 1. The highest BCUT2D eigenvalue weighted by molar-refractivity contribution is 7.88. The van der Waals surface area contributed by atoms with E-state index in [1.54, 1.807) is 0 Å². The van der Waals surface area contributed by atoms with Crippen molar-refractivity contribution in [2.75, 3.05) is 0 Å². The molecule has 140 valence electrons. The Balaban J connectivity index is 1.87. The molecule has 0 fully saturated rings. The summed E-state index contributed by atoms with van der Waals surface area (Å²) in [4.78, 5) is 0. The molecule has 5 heteroatoms. The molecule has 0 bridgehead atoms. The van der Waals surface area contributed by atoms with Crippen molar-refractivity contribution in [2.24, 2.45) is 0 Å². The highest BCUT2D eigenvalue weighted by Gasteiger charge is 2.39. The summed E-state index contributed by atoms with van der Waals surface area (Å²) in [6.07, 6.45) is 2.33. The second-order valence-corrected chi connectivity index (χ2v) is 8.91. The number of nitrogens with one attached hydrogen (secondary N) is 1. The molecule has 26 heavy (non-hydrogen) atoms. The second-order valence-electron chi connectivity index (χ2n) is 7.15. The summed E-state index contributed by atoms with van der Waals surface area (Å²) in [5.41, 5.74) is 2.45. The van der Waals surface area contributed by atoms with Crippen molar-refractivity contribution < 1.29 is 13.2 Å². The Kier molecular flexibility index (Phi) is 5.39. The van der Waals surface area contributed by atoms with Crippen LogP contribution in [0.3, 0.4) is 0 Å². The summed E-state index contributed by atoms with van der Waals surface area (Å²) in [6.45, 7) is 6.15. The van der Waals surface area contributed by atoms with E-state index in [-0.39, 0.29) is 17.4 Å². The lowest BCUT2D eigenvalue weighted by atomic mass is 9.84. The van der Waals surface area contributed by atoms with Gasteiger partial charge in [-0.2, -0.15) is 0 Å². The summed E-state index contributed by atoms with van der Waals surface area (Å²) in [6, 6.07) is 15.1. The molecule has 1 atom stereocenters. The maximum absolute atomic E-state index is 12.8. The molecule has 2 aromatic rings. The van der Waals surface area contributed by atoms with Crippen molar-refractivity contribution in [2.45, 2.75) is 57.4 Å². The normalized spacial score (nSPS) is 18.8. The van der Waals surface area contributed by atoms with Gasteiger partial charge in [0.25, 0.3) is 0 Å². The van der Waals surface area contributed by atoms with Crippen LogP contribution in [0.2, 0.25) is 0 Å². The van der Waals surface area contributed by atoms with E-state index in [9.17, 15) is 8.42 Å². The van der Waals surface area contributed by atoms with E-state index in [1.807, 2.05) is 55.5 Å². The number of sulfonamides is 1. The van der Waals surface area contributed by atoms with Crippen LogP contribution in [-0.4, -0.2) is 14.0 Å². The molecule has 1 heterocycles. The SMILES string of the molecule is CCC1(CC)C[C@H](NS(=O)(=O)Cc2cccc(C)c2)c2ccccc2O1. The van der Waals surface area contributed by atoms with Gasteiger partial charge in [0.1, 0.15) is 11.4 Å². The predicted molar refractivity (Wildman–Crippen MR) is 105 cm³/mol. The molecule has 0 spiro atoms. The molecular weight excluding hydrogens is 346 g/mol. The number of hydrogen-bond donors (Lipinski definition) is 1. The van der Waals surface area contributed by atoms with Gasteiger partial charge in [0, 0.05) is 12.0 Å². The lowest BCUT2D eigenvalue weighted by Crippen LogP contribution is -2.44. The highest BCUT2D eigenvalue weighted by Crippen LogP contribution is 2.42. The van der Waals surface area contributed by atoms with Gasteiger partial charge in [-0.05, 0) is 31.4 Å². The third-order valence-electron chi connectivity index (χ3n) is 5.25. The number of ether oxygens (including phenoxy) is 1.